The van der Waals surface area contributed by atoms with Gasteiger partial charge in [0.05, 0.1) is 0 Å². The molecule has 0 saturated heterocycles. The molecule has 0 fully saturated rings. The molecule has 1 aromatic heterocycles. The molecule has 0 aromatic carbocycles. The number of nitrogens with zero attached hydrogens (tertiary/aromatic N) is 4. The molecule has 0 aliphatic carbocycles. The predicted octanol–water partition coefficient (Wildman–Crippen LogP) is 5.43. The quantitative estimate of drug-likeness (QED) is 0.418. The molecule has 144 valence electrons. The Balaban J connectivity index is 3.02. The summed E-state index contributed by atoms with van der Waals surface area (Å²) in [6, 6.07) is 1.49. The van der Waals surface area contributed by atoms with Crippen LogP contribution in [-0.2, 0) is 0 Å². The molecule has 0 bridgehead atoms. The van der Waals surface area contributed by atoms with E-state index in [0.29, 0.717) is 5.95 Å². The van der Waals surface area contributed by atoms with Crippen molar-refractivity contribution in [3.05, 3.63) is 12.0 Å². The SMILES string of the molecule is CCCCN(CCCC)c1cc(F)nc(N(CCCC)CCCC)n1. The largest absolute Gasteiger partial charge is 0.356 e. The first kappa shape index (κ1) is 21.7. The fraction of sp³-hybridized carbons (Fsp3) is 0.800. The van der Waals surface area contributed by atoms with E-state index in [4.69, 9.17) is 4.98 Å². The van der Waals surface area contributed by atoms with Gasteiger partial charge in [-0.3, -0.25) is 0 Å². The van der Waals surface area contributed by atoms with E-state index in [9.17, 15) is 4.39 Å². The molecule has 0 saturated carbocycles. The number of hydrogen-bond acceptors (Lipinski definition) is 4. The summed E-state index contributed by atoms with van der Waals surface area (Å²) in [7, 11) is 0. The number of hydrogen-bond donors (Lipinski definition) is 0. The van der Waals surface area contributed by atoms with Crippen molar-refractivity contribution in [2.45, 2.75) is 79.1 Å². The summed E-state index contributed by atoms with van der Waals surface area (Å²) in [5, 5.41) is 0. The highest BCUT2D eigenvalue weighted by Gasteiger charge is 2.15. The Labute approximate surface area is 153 Å². The van der Waals surface area contributed by atoms with Crippen LogP contribution in [0.1, 0.15) is 79.1 Å². The Kier molecular flexibility index (Phi) is 11.2. The highest BCUT2D eigenvalue weighted by molar-refractivity contribution is 5.44. The first-order valence-corrected chi connectivity index (χ1v) is 10.2. The Morgan fingerprint density at radius 2 is 1.16 bits per heavy atom. The minimum Gasteiger partial charge on any atom is -0.356 e. The van der Waals surface area contributed by atoms with E-state index in [1.54, 1.807) is 0 Å². The van der Waals surface area contributed by atoms with Gasteiger partial charge in [-0.2, -0.15) is 14.4 Å². The van der Waals surface area contributed by atoms with Crippen LogP contribution in [0.4, 0.5) is 16.2 Å². The molecule has 1 aromatic rings. The number of unbranched alkanes of at least 4 members (excludes halogenated alkanes) is 4. The zero-order chi connectivity index (χ0) is 18.5. The van der Waals surface area contributed by atoms with Crippen LogP contribution >= 0.6 is 0 Å². The molecule has 0 atom stereocenters. The molecule has 0 spiro atoms. The van der Waals surface area contributed by atoms with Crippen LogP contribution < -0.4 is 9.80 Å². The highest BCUT2D eigenvalue weighted by Crippen LogP contribution is 2.19. The summed E-state index contributed by atoms with van der Waals surface area (Å²) in [5.74, 6) is 0.869. The van der Waals surface area contributed by atoms with Crippen molar-refractivity contribution in [2.75, 3.05) is 36.0 Å². The Hall–Kier alpha value is -1.39. The van der Waals surface area contributed by atoms with E-state index in [-0.39, 0.29) is 0 Å². The minimum absolute atomic E-state index is 0.420. The average molecular weight is 353 g/mol. The number of halogens is 1. The van der Waals surface area contributed by atoms with Gasteiger partial charge in [-0.05, 0) is 25.7 Å². The second kappa shape index (κ2) is 12.9. The number of anilines is 2. The van der Waals surface area contributed by atoms with E-state index in [0.717, 1.165) is 83.4 Å². The van der Waals surface area contributed by atoms with E-state index in [1.165, 1.54) is 6.07 Å². The lowest BCUT2D eigenvalue weighted by atomic mass is 10.2. The molecule has 5 heteroatoms. The normalized spacial score (nSPS) is 10.9. The lowest BCUT2D eigenvalue weighted by Crippen LogP contribution is -2.31. The van der Waals surface area contributed by atoms with E-state index < -0.39 is 5.95 Å². The van der Waals surface area contributed by atoms with Gasteiger partial charge in [-0.25, -0.2) is 0 Å². The van der Waals surface area contributed by atoms with Crippen molar-refractivity contribution in [1.29, 1.82) is 0 Å². The molecular weight excluding hydrogens is 315 g/mol. The van der Waals surface area contributed by atoms with Gasteiger partial charge < -0.3 is 9.80 Å². The fourth-order valence-electron chi connectivity index (χ4n) is 2.75. The lowest BCUT2D eigenvalue weighted by Gasteiger charge is -2.27. The summed E-state index contributed by atoms with van der Waals surface area (Å²) < 4.78 is 14.2. The van der Waals surface area contributed by atoms with Gasteiger partial charge in [0, 0.05) is 32.2 Å². The fourth-order valence-corrected chi connectivity index (χ4v) is 2.75. The first-order valence-electron chi connectivity index (χ1n) is 10.2. The van der Waals surface area contributed by atoms with E-state index >= 15 is 0 Å². The molecule has 0 aliphatic rings. The predicted molar refractivity (Wildman–Crippen MR) is 106 cm³/mol. The van der Waals surface area contributed by atoms with E-state index in [1.807, 2.05) is 0 Å². The maximum Gasteiger partial charge on any atom is 0.229 e. The first-order chi connectivity index (χ1) is 12.2. The smallest absolute Gasteiger partial charge is 0.229 e. The van der Waals surface area contributed by atoms with Crippen molar-refractivity contribution in [3.8, 4) is 0 Å². The van der Waals surface area contributed by atoms with Crippen molar-refractivity contribution in [2.24, 2.45) is 0 Å². The highest BCUT2D eigenvalue weighted by atomic mass is 19.1. The van der Waals surface area contributed by atoms with Crippen molar-refractivity contribution < 1.29 is 4.39 Å². The van der Waals surface area contributed by atoms with Gasteiger partial charge >= 0.3 is 0 Å². The van der Waals surface area contributed by atoms with Crippen LogP contribution in [0.5, 0.6) is 0 Å². The average Bonchev–Trinajstić information content (AvgIpc) is 2.61. The molecule has 0 aliphatic heterocycles. The molecule has 0 N–H and O–H groups in total. The second-order valence-corrected chi connectivity index (χ2v) is 6.74. The zero-order valence-electron chi connectivity index (χ0n) is 16.7. The second-order valence-electron chi connectivity index (χ2n) is 6.74. The molecule has 1 heterocycles. The lowest BCUT2D eigenvalue weighted by molar-refractivity contribution is 0.567. The van der Waals surface area contributed by atoms with Crippen molar-refractivity contribution in [1.82, 2.24) is 9.97 Å². The topological polar surface area (TPSA) is 32.3 Å². The van der Waals surface area contributed by atoms with Crippen LogP contribution in [0.2, 0.25) is 0 Å². The molecule has 0 radical (unpaired) electrons. The maximum absolute atomic E-state index is 14.2. The van der Waals surface area contributed by atoms with Crippen LogP contribution in [0.3, 0.4) is 0 Å². The standard InChI is InChI=1S/C20H37FN4/c1-5-9-13-24(14-10-6-2)19-17-18(21)22-20(23-19)25(15-11-7-3)16-12-8-4/h17H,5-16H2,1-4H3. The monoisotopic (exact) mass is 352 g/mol. The van der Waals surface area contributed by atoms with Gasteiger partial charge in [-0.15, -0.1) is 0 Å². The van der Waals surface area contributed by atoms with Gasteiger partial charge in [0.2, 0.25) is 11.9 Å². The van der Waals surface area contributed by atoms with Crippen LogP contribution in [0, 0.1) is 5.95 Å². The van der Waals surface area contributed by atoms with Gasteiger partial charge in [0.15, 0.2) is 0 Å². The molecule has 25 heavy (non-hydrogen) atoms. The van der Waals surface area contributed by atoms with Gasteiger partial charge in [-0.1, -0.05) is 53.4 Å². The molecular formula is C20H37FN4. The third kappa shape index (κ3) is 8.02. The van der Waals surface area contributed by atoms with Crippen molar-refractivity contribution in [3.63, 3.8) is 0 Å². The van der Waals surface area contributed by atoms with Gasteiger partial charge in [0.25, 0.3) is 0 Å². The molecule has 1 rings (SSSR count). The summed E-state index contributed by atoms with van der Waals surface area (Å²) >= 11 is 0. The summed E-state index contributed by atoms with van der Waals surface area (Å²) in [6.45, 7) is 12.3. The van der Waals surface area contributed by atoms with E-state index in [2.05, 4.69) is 42.5 Å². The molecule has 0 unspecified atom stereocenters. The van der Waals surface area contributed by atoms with Crippen molar-refractivity contribution >= 4 is 11.8 Å². The number of rotatable bonds is 14. The van der Waals surface area contributed by atoms with Crippen LogP contribution in [0.15, 0.2) is 6.07 Å². The third-order valence-electron chi connectivity index (χ3n) is 4.40. The Morgan fingerprint density at radius 1 is 0.720 bits per heavy atom. The third-order valence-corrected chi connectivity index (χ3v) is 4.40. The minimum atomic E-state index is -0.420. The number of aromatic nitrogens is 2. The Bertz CT molecular complexity index is 413. The zero-order valence-corrected chi connectivity index (χ0v) is 16.7. The summed E-state index contributed by atoms with van der Waals surface area (Å²) in [4.78, 5) is 13.2. The van der Waals surface area contributed by atoms with Gasteiger partial charge in [0.1, 0.15) is 5.82 Å². The summed E-state index contributed by atoms with van der Waals surface area (Å²) in [6.07, 6.45) is 8.83. The molecule has 0 amide bonds. The Morgan fingerprint density at radius 3 is 1.60 bits per heavy atom. The van der Waals surface area contributed by atoms with Crippen LogP contribution in [0.25, 0.3) is 0 Å². The summed E-state index contributed by atoms with van der Waals surface area (Å²) in [5.41, 5.74) is 0. The molecule has 4 nitrogen and oxygen atoms in total. The maximum atomic E-state index is 14.2. The van der Waals surface area contributed by atoms with Crippen LogP contribution in [-0.4, -0.2) is 36.1 Å².